The fourth-order valence-corrected chi connectivity index (χ4v) is 1.47. The second-order valence-corrected chi connectivity index (χ2v) is 3.61. The Kier molecular flexibility index (Phi) is 3.13. The molecule has 0 saturated heterocycles. The van der Waals surface area contributed by atoms with Crippen molar-refractivity contribution in [3.05, 3.63) is 53.6 Å². The number of anilines is 1. The van der Waals surface area contributed by atoms with E-state index in [4.69, 9.17) is 21.0 Å². The van der Waals surface area contributed by atoms with Crippen LogP contribution in [0.1, 0.15) is 11.1 Å². The van der Waals surface area contributed by atoms with Crippen LogP contribution in [0.3, 0.4) is 0 Å². The topological polar surface area (TPSA) is 82.8 Å². The zero-order valence-corrected chi connectivity index (χ0v) is 9.42. The highest BCUT2D eigenvalue weighted by Crippen LogP contribution is 2.28. The summed E-state index contributed by atoms with van der Waals surface area (Å²) in [6.45, 7) is 0. The molecule has 0 aromatic heterocycles. The third kappa shape index (κ3) is 2.40. The van der Waals surface area contributed by atoms with Crippen LogP contribution in [-0.2, 0) is 0 Å². The van der Waals surface area contributed by atoms with Crippen molar-refractivity contribution >= 4 is 5.69 Å². The molecule has 2 aromatic carbocycles. The van der Waals surface area contributed by atoms with E-state index >= 15 is 0 Å². The predicted octanol–water partition coefficient (Wildman–Crippen LogP) is 2.80. The van der Waals surface area contributed by atoms with Gasteiger partial charge in [0.1, 0.15) is 11.5 Å². The summed E-state index contributed by atoms with van der Waals surface area (Å²) >= 11 is 0. The van der Waals surface area contributed by atoms with Crippen molar-refractivity contribution in [2.75, 3.05) is 5.73 Å². The van der Waals surface area contributed by atoms with Crippen molar-refractivity contribution in [3.8, 4) is 23.6 Å². The molecule has 0 aliphatic carbocycles. The minimum atomic E-state index is 0.386. The lowest BCUT2D eigenvalue weighted by molar-refractivity contribution is 0.485. The van der Waals surface area contributed by atoms with Gasteiger partial charge in [0.05, 0.1) is 29.0 Å². The number of nitrogens with two attached hydrogens (primary N) is 1. The number of hydrogen-bond acceptors (Lipinski definition) is 4. The van der Waals surface area contributed by atoms with Crippen LogP contribution in [0.5, 0.6) is 11.5 Å². The normalized spacial score (nSPS) is 9.22. The Balaban J connectivity index is 2.29. The van der Waals surface area contributed by atoms with E-state index in [0.717, 1.165) is 0 Å². The minimum Gasteiger partial charge on any atom is -0.455 e. The lowest BCUT2D eigenvalue weighted by Crippen LogP contribution is -1.93. The van der Waals surface area contributed by atoms with Crippen molar-refractivity contribution in [2.45, 2.75) is 0 Å². The summed E-state index contributed by atoms with van der Waals surface area (Å²) in [7, 11) is 0. The Bertz CT molecular complexity index is 665. The first-order valence-corrected chi connectivity index (χ1v) is 5.20. The summed E-state index contributed by atoms with van der Waals surface area (Å²) in [5, 5.41) is 17.5. The molecule has 2 aromatic rings. The van der Waals surface area contributed by atoms with Crippen molar-refractivity contribution in [1.82, 2.24) is 0 Å². The lowest BCUT2D eigenvalue weighted by Gasteiger charge is -2.08. The lowest BCUT2D eigenvalue weighted by atomic mass is 10.2. The van der Waals surface area contributed by atoms with Gasteiger partial charge in [0.25, 0.3) is 0 Å². The van der Waals surface area contributed by atoms with Crippen molar-refractivity contribution in [3.63, 3.8) is 0 Å². The molecule has 86 valence electrons. The fourth-order valence-electron chi connectivity index (χ4n) is 1.47. The van der Waals surface area contributed by atoms with E-state index in [9.17, 15) is 0 Å². The van der Waals surface area contributed by atoms with Gasteiger partial charge in [-0.1, -0.05) is 6.07 Å². The Morgan fingerprint density at radius 2 is 1.67 bits per heavy atom. The van der Waals surface area contributed by atoms with Gasteiger partial charge >= 0.3 is 0 Å². The first-order chi connectivity index (χ1) is 8.72. The highest BCUT2D eigenvalue weighted by atomic mass is 16.5. The van der Waals surface area contributed by atoms with Gasteiger partial charge in [-0.05, 0) is 36.4 Å². The zero-order chi connectivity index (χ0) is 13.0. The van der Waals surface area contributed by atoms with Crippen molar-refractivity contribution in [2.24, 2.45) is 0 Å². The molecule has 0 radical (unpaired) electrons. The first kappa shape index (κ1) is 11.5. The molecule has 4 nitrogen and oxygen atoms in total. The largest absolute Gasteiger partial charge is 0.455 e. The van der Waals surface area contributed by atoms with Gasteiger partial charge < -0.3 is 10.5 Å². The Labute approximate surface area is 104 Å². The van der Waals surface area contributed by atoms with Gasteiger partial charge in [-0.15, -0.1) is 0 Å². The molecule has 0 saturated carbocycles. The van der Waals surface area contributed by atoms with E-state index < -0.39 is 0 Å². The van der Waals surface area contributed by atoms with Crippen LogP contribution < -0.4 is 10.5 Å². The van der Waals surface area contributed by atoms with Crippen LogP contribution in [0.2, 0.25) is 0 Å². The summed E-state index contributed by atoms with van der Waals surface area (Å²) in [5.41, 5.74) is 7.15. The fraction of sp³-hybridized carbons (Fsp3) is 0. The number of benzene rings is 2. The molecule has 4 heteroatoms. The molecular formula is C14H9N3O. The first-order valence-electron chi connectivity index (χ1n) is 5.20. The average Bonchev–Trinajstić information content (AvgIpc) is 2.41. The molecule has 18 heavy (non-hydrogen) atoms. The van der Waals surface area contributed by atoms with Crippen LogP contribution >= 0.6 is 0 Å². The second kappa shape index (κ2) is 4.90. The highest BCUT2D eigenvalue weighted by molar-refractivity contribution is 5.58. The maximum Gasteiger partial charge on any atom is 0.150 e. The molecule has 0 atom stereocenters. The summed E-state index contributed by atoms with van der Waals surface area (Å²) in [5.74, 6) is 0.995. The van der Waals surface area contributed by atoms with Crippen LogP contribution in [0.25, 0.3) is 0 Å². The monoisotopic (exact) mass is 235 g/mol. The molecule has 0 spiro atoms. The maximum absolute atomic E-state index is 8.78. The minimum absolute atomic E-state index is 0.386. The third-order valence-electron chi connectivity index (χ3n) is 2.33. The van der Waals surface area contributed by atoms with E-state index in [2.05, 4.69) is 0 Å². The van der Waals surface area contributed by atoms with Gasteiger partial charge in [-0.3, -0.25) is 0 Å². The van der Waals surface area contributed by atoms with E-state index in [1.54, 1.807) is 42.5 Å². The smallest absolute Gasteiger partial charge is 0.150 e. The van der Waals surface area contributed by atoms with Crippen LogP contribution in [0.15, 0.2) is 42.5 Å². The van der Waals surface area contributed by atoms with Crippen molar-refractivity contribution < 1.29 is 4.74 Å². The number of rotatable bonds is 2. The quantitative estimate of drug-likeness (QED) is 0.811. The van der Waals surface area contributed by atoms with Gasteiger partial charge in [0, 0.05) is 0 Å². The van der Waals surface area contributed by atoms with Gasteiger partial charge in [0.15, 0.2) is 0 Å². The molecule has 0 bridgehead atoms. The van der Waals surface area contributed by atoms with Gasteiger partial charge in [0.2, 0.25) is 0 Å². The maximum atomic E-state index is 8.78. The number of nitrogens with zero attached hydrogens (tertiary/aromatic N) is 2. The molecule has 0 aliphatic rings. The van der Waals surface area contributed by atoms with E-state index in [1.807, 2.05) is 12.1 Å². The molecule has 0 unspecified atom stereocenters. The molecule has 0 aliphatic heterocycles. The van der Waals surface area contributed by atoms with E-state index in [-0.39, 0.29) is 0 Å². The molecule has 0 heterocycles. The average molecular weight is 235 g/mol. The SMILES string of the molecule is N#Cc1cccc(Oc2ccc(C#N)cc2N)c1. The number of hydrogen-bond donors (Lipinski definition) is 1. The zero-order valence-electron chi connectivity index (χ0n) is 9.42. The van der Waals surface area contributed by atoms with E-state index in [1.165, 1.54) is 0 Å². The Hall–Kier alpha value is -2.98. The van der Waals surface area contributed by atoms with Crippen molar-refractivity contribution in [1.29, 1.82) is 10.5 Å². The van der Waals surface area contributed by atoms with Crippen LogP contribution in [-0.4, -0.2) is 0 Å². The standard InChI is InChI=1S/C14H9N3O/c15-8-10-2-1-3-12(6-10)18-14-5-4-11(9-16)7-13(14)17/h1-7H,17H2. The molecule has 2 N–H and O–H groups in total. The second-order valence-electron chi connectivity index (χ2n) is 3.61. The Morgan fingerprint density at radius 1 is 0.944 bits per heavy atom. The molecular weight excluding hydrogens is 226 g/mol. The summed E-state index contributed by atoms with van der Waals surface area (Å²) in [6.07, 6.45) is 0. The third-order valence-corrected chi connectivity index (χ3v) is 2.33. The number of nitrogen functional groups attached to an aromatic ring is 1. The number of ether oxygens (including phenoxy) is 1. The van der Waals surface area contributed by atoms with Crippen LogP contribution in [0.4, 0.5) is 5.69 Å². The summed E-state index contributed by atoms with van der Waals surface area (Å²) in [4.78, 5) is 0. The van der Waals surface area contributed by atoms with E-state index in [0.29, 0.717) is 28.3 Å². The molecule has 0 amide bonds. The summed E-state index contributed by atoms with van der Waals surface area (Å²) in [6, 6.07) is 15.6. The number of nitriles is 2. The van der Waals surface area contributed by atoms with Crippen LogP contribution in [0, 0.1) is 22.7 Å². The highest BCUT2D eigenvalue weighted by Gasteiger charge is 2.04. The molecule has 0 fully saturated rings. The van der Waals surface area contributed by atoms with Gasteiger partial charge in [-0.2, -0.15) is 10.5 Å². The van der Waals surface area contributed by atoms with Gasteiger partial charge in [-0.25, -0.2) is 0 Å². The predicted molar refractivity (Wildman–Crippen MR) is 66.8 cm³/mol. The Morgan fingerprint density at radius 3 is 2.33 bits per heavy atom. The summed E-state index contributed by atoms with van der Waals surface area (Å²) < 4.78 is 5.57. The molecule has 2 rings (SSSR count).